The van der Waals surface area contributed by atoms with Gasteiger partial charge in [0.2, 0.25) is 5.88 Å². The second-order valence-electron chi connectivity index (χ2n) is 6.50. The van der Waals surface area contributed by atoms with Crippen LogP contribution in [0.4, 0.5) is 11.6 Å². The average molecular weight is 378 g/mol. The molecule has 27 heavy (non-hydrogen) atoms. The third-order valence-electron chi connectivity index (χ3n) is 4.70. The molecule has 0 amide bonds. The van der Waals surface area contributed by atoms with E-state index in [1.807, 2.05) is 36.2 Å². The second kappa shape index (κ2) is 7.37. The van der Waals surface area contributed by atoms with Gasteiger partial charge in [-0.2, -0.15) is 0 Å². The molecule has 0 aliphatic carbocycles. The standard InChI is InChI=1S/C23H20ClNO2/c1-25(21-14-19(24)9-11-22(21)26-2)23-20-10-8-17(13-18(20)15-27-23)12-16-6-4-3-5-7-16/h3-11,13-15H,12H2,1-2H3. The summed E-state index contributed by atoms with van der Waals surface area (Å²) in [5, 5.41) is 2.78. The minimum Gasteiger partial charge on any atom is -0.495 e. The fraction of sp³-hybridized carbons (Fsp3) is 0.130. The van der Waals surface area contributed by atoms with Crippen LogP contribution >= 0.6 is 11.6 Å². The molecule has 3 aromatic carbocycles. The van der Waals surface area contributed by atoms with Gasteiger partial charge >= 0.3 is 0 Å². The van der Waals surface area contributed by atoms with Gasteiger partial charge in [-0.05, 0) is 47.9 Å². The lowest BCUT2D eigenvalue weighted by Crippen LogP contribution is -2.10. The van der Waals surface area contributed by atoms with Crippen molar-refractivity contribution in [3.8, 4) is 5.75 Å². The van der Waals surface area contributed by atoms with Crippen LogP contribution in [0.3, 0.4) is 0 Å². The van der Waals surface area contributed by atoms with Gasteiger partial charge in [-0.25, -0.2) is 0 Å². The molecule has 4 aromatic rings. The fourth-order valence-corrected chi connectivity index (χ4v) is 3.49. The third-order valence-corrected chi connectivity index (χ3v) is 4.94. The highest BCUT2D eigenvalue weighted by molar-refractivity contribution is 6.31. The van der Waals surface area contributed by atoms with Gasteiger partial charge in [-0.1, -0.05) is 48.0 Å². The topological polar surface area (TPSA) is 25.6 Å². The highest BCUT2D eigenvalue weighted by Crippen LogP contribution is 2.39. The van der Waals surface area contributed by atoms with Crippen molar-refractivity contribution in [2.24, 2.45) is 0 Å². The lowest BCUT2D eigenvalue weighted by Gasteiger charge is -2.20. The molecule has 0 aliphatic heterocycles. The molecule has 0 saturated heterocycles. The number of anilines is 2. The number of benzene rings is 3. The van der Waals surface area contributed by atoms with Gasteiger partial charge in [0.05, 0.1) is 12.8 Å². The Kier molecular flexibility index (Phi) is 4.78. The molecule has 0 saturated carbocycles. The van der Waals surface area contributed by atoms with Gasteiger partial charge in [0, 0.05) is 22.8 Å². The maximum absolute atomic E-state index is 6.18. The number of ether oxygens (including phenoxy) is 1. The zero-order chi connectivity index (χ0) is 18.8. The first-order valence-corrected chi connectivity index (χ1v) is 9.15. The molecule has 1 heterocycles. The Hall–Kier alpha value is -2.91. The predicted molar refractivity (Wildman–Crippen MR) is 112 cm³/mol. The summed E-state index contributed by atoms with van der Waals surface area (Å²) in [6, 6.07) is 22.4. The Bertz CT molecular complexity index is 1070. The number of fused-ring (bicyclic) bond motifs is 1. The van der Waals surface area contributed by atoms with Crippen molar-refractivity contribution in [1.82, 2.24) is 0 Å². The molecular formula is C23H20ClNO2. The van der Waals surface area contributed by atoms with Crippen LogP contribution in [-0.4, -0.2) is 14.2 Å². The van der Waals surface area contributed by atoms with Crippen molar-refractivity contribution in [3.63, 3.8) is 0 Å². The van der Waals surface area contributed by atoms with E-state index in [0.29, 0.717) is 5.02 Å². The van der Waals surface area contributed by atoms with Crippen LogP contribution in [-0.2, 0) is 6.42 Å². The maximum Gasteiger partial charge on any atom is 0.207 e. The minimum atomic E-state index is 0.652. The molecule has 136 valence electrons. The van der Waals surface area contributed by atoms with Gasteiger partial charge in [0.15, 0.2) is 0 Å². The van der Waals surface area contributed by atoms with Crippen molar-refractivity contribution in [2.75, 3.05) is 19.1 Å². The zero-order valence-electron chi connectivity index (χ0n) is 15.3. The van der Waals surface area contributed by atoms with Crippen molar-refractivity contribution in [2.45, 2.75) is 6.42 Å². The Morgan fingerprint density at radius 2 is 1.78 bits per heavy atom. The van der Waals surface area contributed by atoms with Crippen LogP contribution in [0.5, 0.6) is 5.75 Å². The van der Waals surface area contributed by atoms with Gasteiger partial charge in [0.25, 0.3) is 0 Å². The Balaban J connectivity index is 1.68. The Morgan fingerprint density at radius 3 is 2.56 bits per heavy atom. The SMILES string of the molecule is COc1ccc(Cl)cc1N(C)c1occ2cc(Cc3ccccc3)ccc12. The van der Waals surface area contributed by atoms with E-state index < -0.39 is 0 Å². The number of methoxy groups -OCH3 is 1. The highest BCUT2D eigenvalue weighted by Gasteiger charge is 2.17. The van der Waals surface area contributed by atoms with Crippen LogP contribution in [0, 0.1) is 0 Å². The average Bonchev–Trinajstić information content (AvgIpc) is 3.11. The van der Waals surface area contributed by atoms with E-state index in [1.165, 1.54) is 11.1 Å². The normalized spacial score (nSPS) is 10.9. The molecule has 4 heteroatoms. The smallest absolute Gasteiger partial charge is 0.207 e. The summed E-state index contributed by atoms with van der Waals surface area (Å²) in [5.41, 5.74) is 3.40. The Labute approximate surface area is 163 Å². The predicted octanol–water partition coefficient (Wildman–Crippen LogP) is 6.45. The van der Waals surface area contributed by atoms with E-state index in [-0.39, 0.29) is 0 Å². The number of hydrogen-bond acceptors (Lipinski definition) is 3. The van der Waals surface area contributed by atoms with E-state index in [2.05, 4.69) is 42.5 Å². The van der Waals surface area contributed by atoms with E-state index in [0.717, 1.165) is 34.5 Å². The molecule has 0 bridgehead atoms. The molecule has 1 aromatic heterocycles. The van der Waals surface area contributed by atoms with Crippen LogP contribution in [0.1, 0.15) is 11.1 Å². The molecule has 0 fully saturated rings. The molecule has 4 rings (SSSR count). The quantitative estimate of drug-likeness (QED) is 0.399. The summed E-state index contributed by atoms with van der Waals surface area (Å²) in [6.45, 7) is 0. The van der Waals surface area contributed by atoms with Gasteiger partial charge in [0.1, 0.15) is 12.0 Å². The zero-order valence-corrected chi connectivity index (χ0v) is 16.0. The van der Waals surface area contributed by atoms with Gasteiger partial charge in [-0.15, -0.1) is 0 Å². The first-order valence-electron chi connectivity index (χ1n) is 8.77. The molecular weight excluding hydrogens is 358 g/mol. The van der Waals surface area contributed by atoms with Crippen molar-refractivity contribution in [1.29, 1.82) is 0 Å². The van der Waals surface area contributed by atoms with E-state index in [1.54, 1.807) is 13.4 Å². The lowest BCUT2D eigenvalue weighted by molar-refractivity contribution is 0.415. The Morgan fingerprint density at radius 1 is 0.963 bits per heavy atom. The molecule has 0 atom stereocenters. The number of furan rings is 1. The third kappa shape index (κ3) is 3.51. The molecule has 3 nitrogen and oxygen atoms in total. The van der Waals surface area contributed by atoms with Crippen molar-refractivity contribution in [3.05, 3.63) is 89.1 Å². The maximum atomic E-state index is 6.18. The van der Waals surface area contributed by atoms with E-state index >= 15 is 0 Å². The summed E-state index contributed by atoms with van der Waals surface area (Å²) in [4.78, 5) is 1.96. The fourth-order valence-electron chi connectivity index (χ4n) is 3.32. The summed E-state index contributed by atoms with van der Waals surface area (Å²) in [7, 11) is 3.60. The minimum absolute atomic E-state index is 0.652. The van der Waals surface area contributed by atoms with Crippen molar-refractivity contribution < 1.29 is 9.15 Å². The molecule has 0 radical (unpaired) electrons. The summed E-state index contributed by atoms with van der Waals surface area (Å²) in [5.74, 6) is 1.50. The van der Waals surface area contributed by atoms with Crippen LogP contribution in [0.25, 0.3) is 10.8 Å². The largest absolute Gasteiger partial charge is 0.495 e. The number of halogens is 1. The van der Waals surface area contributed by atoms with E-state index in [9.17, 15) is 0 Å². The summed E-state index contributed by atoms with van der Waals surface area (Å²) in [6.07, 6.45) is 2.70. The number of rotatable bonds is 5. The molecule has 0 aliphatic rings. The monoisotopic (exact) mass is 377 g/mol. The number of nitrogens with zero attached hydrogens (tertiary/aromatic N) is 1. The second-order valence-corrected chi connectivity index (χ2v) is 6.94. The lowest BCUT2D eigenvalue weighted by atomic mass is 10.0. The van der Waals surface area contributed by atoms with Gasteiger partial charge in [-0.3, -0.25) is 0 Å². The van der Waals surface area contributed by atoms with E-state index in [4.69, 9.17) is 20.8 Å². The first kappa shape index (κ1) is 17.5. The first-order chi connectivity index (χ1) is 13.2. The molecule has 0 N–H and O–H groups in total. The molecule has 0 unspecified atom stereocenters. The summed E-state index contributed by atoms with van der Waals surface area (Å²) < 4.78 is 11.4. The summed E-state index contributed by atoms with van der Waals surface area (Å²) >= 11 is 6.18. The van der Waals surface area contributed by atoms with Crippen LogP contribution < -0.4 is 9.64 Å². The van der Waals surface area contributed by atoms with Crippen LogP contribution in [0.2, 0.25) is 5.02 Å². The van der Waals surface area contributed by atoms with Crippen molar-refractivity contribution >= 4 is 33.9 Å². The molecule has 0 spiro atoms. The highest BCUT2D eigenvalue weighted by atomic mass is 35.5. The van der Waals surface area contributed by atoms with Crippen LogP contribution in [0.15, 0.2) is 77.4 Å². The van der Waals surface area contributed by atoms with Gasteiger partial charge < -0.3 is 14.1 Å². The number of hydrogen-bond donors (Lipinski definition) is 0.